The van der Waals surface area contributed by atoms with Gasteiger partial charge >= 0.3 is 0 Å². The molecule has 2 rings (SSSR count). The molecule has 0 aliphatic rings. The molecule has 2 aromatic carbocycles. The Morgan fingerprint density at radius 2 is 1.65 bits per heavy atom. The van der Waals surface area contributed by atoms with Crippen LogP contribution < -0.4 is 10.2 Å². The van der Waals surface area contributed by atoms with Crippen molar-refractivity contribution >= 4 is 15.9 Å². The Morgan fingerprint density at radius 3 is 2.41 bits per heavy atom. The van der Waals surface area contributed by atoms with Gasteiger partial charge < -0.3 is 4.74 Å². The number of benzene rings is 1. The number of rotatable bonds is 3. The largest absolute Gasteiger partial charge is 0.485 e. The van der Waals surface area contributed by atoms with E-state index in [2.05, 4.69) is 15.9 Å². The van der Waals surface area contributed by atoms with E-state index in [0.717, 1.165) is 10.0 Å². The van der Waals surface area contributed by atoms with Crippen LogP contribution in [0.2, 0.25) is 0 Å². The van der Waals surface area contributed by atoms with Gasteiger partial charge in [0.2, 0.25) is 5.43 Å². The van der Waals surface area contributed by atoms with Crippen LogP contribution in [0.15, 0.2) is 63.9 Å². The Bertz CT molecular complexity index is 552. The molecule has 0 unspecified atom stereocenters. The van der Waals surface area contributed by atoms with E-state index in [1.54, 1.807) is 18.2 Å². The van der Waals surface area contributed by atoms with Crippen LogP contribution in [-0.2, 0) is 6.61 Å². The van der Waals surface area contributed by atoms with Crippen LogP contribution in [0.4, 0.5) is 0 Å². The number of halogens is 1. The highest BCUT2D eigenvalue weighted by atomic mass is 79.9. The van der Waals surface area contributed by atoms with Gasteiger partial charge in [-0.25, -0.2) is 0 Å². The molecule has 0 saturated heterocycles. The zero-order valence-corrected chi connectivity index (χ0v) is 10.7. The summed E-state index contributed by atoms with van der Waals surface area (Å²) in [5.41, 5.74) is 0.920. The van der Waals surface area contributed by atoms with Gasteiger partial charge in [0.25, 0.3) is 0 Å². The SMILES string of the molecule is O=c1ccc(Br)ccc1OCc1ccccc1. The minimum Gasteiger partial charge on any atom is -0.485 e. The zero-order chi connectivity index (χ0) is 12.1. The summed E-state index contributed by atoms with van der Waals surface area (Å²) in [5.74, 6) is 0.361. The Hall–Kier alpha value is -1.61. The van der Waals surface area contributed by atoms with Crippen molar-refractivity contribution in [2.75, 3.05) is 0 Å². The molecule has 0 bridgehead atoms. The van der Waals surface area contributed by atoms with Crippen LogP contribution in [0.3, 0.4) is 0 Å². The monoisotopic (exact) mass is 290 g/mol. The molecule has 0 saturated carbocycles. The number of ether oxygens (including phenoxy) is 1. The third kappa shape index (κ3) is 3.43. The van der Waals surface area contributed by atoms with Crippen molar-refractivity contribution in [2.24, 2.45) is 0 Å². The standard InChI is InChI=1S/C14H11BrO2/c15-12-6-8-13(16)14(9-7-12)17-10-11-4-2-1-3-5-11/h1-9H,10H2. The Morgan fingerprint density at radius 1 is 0.941 bits per heavy atom. The topological polar surface area (TPSA) is 26.3 Å². The predicted octanol–water partition coefficient (Wildman–Crippen LogP) is 3.39. The molecule has 0 N–H and O–H groups in total. The van der Waals surface area contributed by atoms with E-state index >= 15 is 0 Å². The summed E-state index contributed by atoms with van der Waals surface area (Å²) < 4.78 is 6.36. The lowest BCUT2D eigenvalue weighted by Crippen LogP contribution is -2.04. The van der Waals surface area contributed by atoms with E-state index < -0.39 is 0 Å². The van der Waals surface area contributed by atoms with Crippen molar-refractivity contribution in [3.05, 3.63) is 74.9 Å². The average Bonchev–Trinajstić information content (AvgIpc) is 2.52. The van der Waals surface area contributed by atoms with E-state index in [4.69, 9.17) is 4.74 Å². The molecule has 0 aliphatic carbocycles. The van der Waals surface area contributed by atoms with Crippen molar-refractivity contribution in [1.82, 2.24) is 0 Å². The second-order valence-corrected chi connectivity index (χ2v) is 4.47. The summed E-state index contributed by atoms with van der Waals surface area (Å²) in [5, 5.41) is 0. The molecule has 0 spiro atoms. The van der Waals surface area contributed by atoms with Gasteiger partial charge in [0, 0.05) is 4.47 Å². The second kappa shape index (κ2) is 5.64. The maximum Gasteiger partial charge on any atom is 0.220 e. The first-order valence-electron chi connectivity index (χ1n) is 5.22. The highest BCUT2D eigenvalue weighted by Gasteiger charge is 1.99. The van der Waals surface area contributed by atoms with Gasteiger partial charge in [-0.15, -0.1) is 0 Å². The summed E-state index contributed by atoms with van der Waals surface area (Å²) in [6, 6.07) is 16.4. The molecule has 17 heavy (non-hydrogen) atoms. The molecule has 2 aromatic rings. The molecule has 0 fully saturated rings. The smallest absolute Gasteiger partial charge is 0.220 e. The van der Waals surface area contributed by atoms with E-state index in [0.29, 0.717) is 12.4 Å². The van der Waals surface area contributed by atoms with Crippen molar-refractivity contribution in [2.45, 2.75) is 6.61 Å². The first kappa shape index (κ1) is 11.9. The molecule has 2 nitrogen and oxygen atoms in total. The molecule has 0 atom stereocenters. The average molecular weight is 291 g/mol. The van der Waals surface area contributed by atoms with Crippen molar-refractivity contribution in [3.8, 4) is 5.75 Å². The molecule has 0 amide bonds. The number of hydrogen-bond donors (Lipinski definition) is 0. The zero-order valence-electron chi connectivity index (χ0n) is 9.10. The fourth-order valence-corrected chi connectivity index (χ4v) is 1.65. The lowest BCUT2D eigenvalue weighted by atomic mass is 10.2. The molecular weight excluding hydrogens is 280 g/mol. The third-order valence-electron chi connectivity index (χ3n) is 2.27. The predicted molar refractivity (Wildman–Crippen MR) is 71.2 cm³/mol. The fraction of sp³-hybridized carbons (Fsp3) is 0.0714. The molecule has 0 heterocycles. The normalized spacial score (nSPS) is 9.94. The Kier molecular flexibility index (Phi) is 3.94. The van der Waals surface area contributed by atoms with Gasteiger partial charge in [-0.3, -0.25) is 4.79 Å². The first-order chi connectivity index (χ1) is 8.25. The summed E-state index contributed by atoms with van der Waals surface area (Å²) in [6.45, 7) is 0.401. The van der Waals surface area contributed by atoms with Crippen LogP contribution in [0.1, 0.15) is 5.56 Å². The fourth-order valence-electron chi connectivity index (χ4n) is 1.38. The highest BCUT2D eigenvalue weighted by Crippen LogP contribution is 2.11. The molecule has 86 valence electrons. The summed E-state index contributed by atoms with van der Waals surface area (Å²) >= 11 is 3.31. The van der Waals surface area contributed by atoms with Gasteiger partial charge in [0.15, 0.2) is 5.75 Å². The van der Waals surface area contributed by atoms with E-state index in [-0.39, 0.29) is 5.43 Å². The maximum absolute atomic E-state index is 11.6. The molecule has 0 radical (unpaired) electrons. The van der Waals surface area contributed by atoms with E-state index in [9.17, 15) is 4.79 Å². The van der Waals surface area contributed by atoms with Gasteiger partial charge in [-0.1, -0.05) is 46.3 Å². The summed E-state index contributed by atoms with van der Waals surface area (Å²) in [4.78, 5) is 11.6. The van der Waals surface area contributed by atoms with E-state index in [1.165, 1.54) is 6.07 Å². The van der Waals surface area contributed by atoms with Gasteiger partial charge in [0.05, 0.1) is 0 Å². The van der Waals surface area contributed by atoms with Crippen LogP contribution in [-0.4, -0.2) is 0 Å². The van der Waals surface area contributed by atoms with Gasteiger partial charge in [0.1, 0.15) is 6.61 Å². The molecule has 3 heteroatoms. The summed E-state index contributed by atoms with van der Waals surface area (Å²) in [6.07, 6.45) is 0. The minimum atomic E-state index is -0.119. The van der Waals surface area contributed by atoms with Crippen LogP contribution in [0, 0.1) is 0 Å². The summed E-state index contributed by atoms with van der Waals surface area (Å²) in [7, 11) is 0. The molecular formula is C14H11BrO2. The van der Waals surface area contributed by atoms with Gasteiger partial charge in [-0.05, 0) is 29.8 Å². The van der Waals surface area contributed by atoms with Crippen LogP contribution in [0.25, 0.3) is 0 Å². The van der Waals surface area contributed by atoms with Gasteiger partial charge in [-0.2, -0.15) is 0 Å². The lowest BCUT2D eigenvalue weighted by Gasteiger charge is -2.03. The van der Waals surface area contributed by atoms with Crippen molar-refractivity contribution in [1.29, 1.82) is 0 Å². The van der Waals surface area contributed by atoms with E-state index in [1.807, 2.05) is 30.3 Å². The lowest BCUT2D eigenvalue weighted by molar-refractivity contribution is 0.304. The molecule has 0 aromatic heterocycles. The molecule has 0 aliphatic heterocycles. The third-order valence-corrected chi connectivity index (χ3v) is 2.80. The second-order valence-electron chi connectivity index (χ2n) is 3.55. The van der Waals surface area contributed by atoms with Crippen LogP contribution in [0.5, 0.6) is 5.75 Å². The minimum absolute atomic E-state index is 0.119. The first-order valence-corrected chi connectivity index (χ1v) is 6.01. The van der Waals surface area contributed by atoms with Crippen molar-refractivity contribution in [3.63, 3.8) is 0 Å². The quantitative estimate of drug-likeness (QED) is 0.866. The van der Waals surface area contributed by atoms with Crippen molar-refractivity contribution < 1.29 is 4.74 Å². The maximum atomic E-state index is 11.6. The highest BCUT2D eigenvalue weighted by molar-refractivity contribution is 9.10. The Labute approximate surface area is 108 Å². The number of hydrogen-bond acceptors (Lipinski definition) is 2. The van der Waals surface area contributed by atoms with Crippen LogP contribution >= 0.6 is 15.9 Å². The Balaban J connectivity index is 2.15.